The third kappa shape index (κ3) is 3.22. The van der Waals surface area contributed by atoms with E-state index in [1.807, 2.05) is 0 Å². The van der Waals surface area contributed by atoms with Gasteiger partial charge in [-0.3, -0.25) is 0 Å². The first kappa shape index (κ1) is 21.4. The summed E-state index contributed by atoms with van der Waals surface area (Å²) < 4.78 is 4.87. The third-order valence-electron chi connectivity index (χ3n) is 7.42. The standard InChI is InChI=1S/C35H22N2S/c1-2-13-26(30-20-21-34-35(36-30)29-16-5-8-19-33(29)38-34)25(12-1)23-10-9-11-24(22-23)37-31-17-6-3-14-27(31)28-15-4-7-18-32(28)37/h1-22H. The Morgan fingerprint density at radius 3 is 1.95 bits per heavy atom. The van der Waals surface area contributed by atoms with Crippen LogP contribution in [0.3, 0.4) is 0 Å². The second kappa shape index (κ2) is 8.41. The Morgan fingerprint density at radius 2 is 1.16 bits per heavy atom. The first-order chi connectivity index (χ1) is 18.8. The number of pyridine rings is 1. The highest BCUT2D eigenvalue weighted by Crippen LogP contribution is 2.38. The molecule has 178 valence electrons. The molecule has 3 heterocycles. The molecule has 0 radical (unpaired) electrons. The van der Waals surface area contributed by atoms with E-state index >= 15 is 0 Å². The minimum atomic E-state index is 0.999. The monoisotopic (exact) mass is 502 g/mol. The van der Waals surface area contributed by atoms with Gasteiger partial charge < -0.3 is 4.57 Å². The van der Waals surface area contributed by atoms with Gasteiger partial charge in [0, 0.05) is 32.1 Å². The molecule has 0 fully saturated rings. The van der Waals surface area contributed by atoms with Gasteiger partial charge in [0.1, 0.15) is 0 Å². The molecule has 8 rings (SSSR count). The van der Waals surface area contributed by atoms with Crippen molar-refractivity contribution in [1.82, 2.24) is 9.55 Å². The van der Waals surface area contributed by atoms with Crippen molar-refractivity contribution in [3.05, 3.63) is 133 Å². The zero-order valence-electron chi connectivity index (χ0n) is 20.5. The third-order valence-corrected chi connectivity index (χ3v) is 8.54. The second-order valence-corrected chi connectivity index (χ2v) is 10.7. The fourth-order valence-electron chi connectivity index (χ4n) is 5.71. The fourth-order valence-corrected chi connectivity index (χ4v) is 6.76. The van der Waals surface area contributed by atoms with Crippen LogP contribution in [0.5, 0.6) is 0 Å². The summed E-state index contributed by atoms with van der Waals surface area (Å²) in [6.07, 6.45) is 0. The fraction of sp³-hybridized carbons (Fsp3) is 0. The van der Waals surface area contributed by atoms with E-state index in [0.717, 1.165) is 22.5 Å². The molecule has 0 saturated heterocycles. The van der Waals surface area contributed by atoms with Gasteiger partial charge in [-0.05, 0) is 53.6 Å². The van der Waals surface area contributed by atoms with Crippen LogP contribution in [0.25, 0.3) is 70.2 Å². The summed E-state index contributed by atoms with van der Waals surface area (Å²) >= 11 is 1.80. The van der Waals surface area contributed by atoms with Crippen LogP contribution in [0, 0.1) is 0 Å². The Balaban J connectivity index is 1.32. The van der Waals surface area contributed by atoms with Crippen molar-refractivity contribution in [2.75, 3.05) is 0 Å². The Kier molecular flexibility index (Phi) is 4.73. The quantitative estimate of drug-likeness (QED) is 0.235. The molecule has 0 saturated carbocycles. The summed E-state index contributed by atoms with van der Waals surface area (Å²) in [5.74, 6) is 0. The van der Waals surface area contributed by atoms with Crippen LogP contribution in [0.1, 0.15) is 0 Å². The van der Waals surface area contributed by atoms with Gasteiger partial charge in [0.25, 0.3) is 0 Å². The van der Waals surface area contributed by atoms with E-state index in [-0.39, 0.29) is 0 Å². The van der Waals surface area contributed by atoms with Gasteiger partial charge in [0.15, 0.2) is 0 Å². The number of nitrogens with zero attached hydrogens (tertiary/aromatic N) is 2. The van der Waals surface area contributed by atoms with Crippen molar-refractivity contribution in [2.24, 2.45) is 0 Å². The second-order valence-electron chi connectivity index (χ2n) is 9.61. The smallest absolute Gasteiger partial charge is 0.0895 e. The zero-order valence-corrected chi connectivity index (χ0v) is 21.3. The predicted molar refractivity (Wildman–Crippen MR) is 162 cm³/mol. The lowest BCUT2D eigenvalue weighted by atomic mass is 9.96. The summed E-state index contributed by atoms with van der Waals surface area (Å²) in [7, 11) is 0. The van der Waals surface area contributed by atoms with Gasteiger partial charge in [-0.15, -0.1) is 11.3 Å². The number of fused-ring (bicyclic) bond motifs is 6. The first-order valence-electron chi connectivity index (χ1n) is 12.8. The Hall–Kier alpha value is -4.73. The molecule has 2 nitrogen and oxygen atoms in total. The minimum absolute atomic E-state index is 0.999. The average Bonchev–Trinajstić information content (AvgIpc) is 3.53. The van der Waals surface area contributed by atoms with E-state index in [2.05, 4.69) is 138 Å². The number of hydrogen-bond donors (Lipinski definition) is 0. The van der Waals surface area contributed by atoms with Crippen LogP contribution in [0.4, 0.5) is 0 Å². The van der Waals surface area contributed by atoms with Gasteiger partial charge in [-0.25, -0.2) is 4.98 Å². The van der Waals surface area contributed by atoms with E-state index in [9.17, 15) is 0 Å². The molecule has 3 aromatic heterocycles. The van der Waals surface area contributed by atoms with Crippen molar-refractivity contribution < 1.29 is 0 Å². The van der Waals surface area contributed by atoms with E-state index in [1.54, 1.807) is 11.3 Å². The molecule has 0 atom stereocenters. The maximum atomic E-state index is 5.18. The van der Waals surface area contributed by atoms with E-state index in [4.69, 9.17) is 4.98 Å². The normalized spacial score (nSPS) is 11.7. The predicted octanol–water partition coefficient (Wildman–Crippen LogP) is 9.88. The maximum absolute atomic E-state index is 5.18. The molecule has 5 aromatic carbocycles. The van der Waals surface area contributed by atoms with Gasteiger partial charge in [0.05, 0.1) is 26.9 Å². The molecule has 0 N–H and O–H groups in total. The summed E-state index contributed by atoms with van der Waals surface area (Å²) in [5, 5.41) is 3.77. The van der Waals surface area contributed by atoms with Crippen molar-refractivity contribution in [3.63, 3.8) is 0 Å². The highest BCUT2D eigenvalue weighted by atomic mass is 32.1. The first-order valence-corrected chi connectivity index (χ1v) is 13.6. The van der Waals surface area contributed by atoms with Gasteiger partial charge in [0.2, 0.25) is 0 Å². The molecular formula is C35H22N2S. The minimum Gasteiger partial charge on any atom is -0.309 e. The van der Waals surface area contributed by atoms with Crippen molar-refractivity contribution in [1.29, 1.82) is 0 Å². The van der Waals surface area contributed by atoms with Crippen LogP contribution >= 0.6 is 11.3 Å². The summed E-state index contributed by atoms with van der Waals surface area (Å²) in [5.41, 5.74) is 9.17. The van der Waals surface area contributed by atoms with Gasteiger partial charge in [-0.1, -0.05) is 91.0 Å². The maximum Gasteiger partial charge on any atom is 0.0895 e. The molecule has 0 bridgehead atoms. The molecule has 0 unspecified atom stereocenters. The van der Waals surface area contributed by atoms with Gasteiger partial charge in [-0.2, -0.15) is 0 Å². The summed E-state index contributed by atoms with van der Waals surface area (Å²) in [6, 6.07) is 47.7. The molecule has 0 aliphatic rings. The van der Waals surface area contributed by atoms with Crippen molar-refractivity contribution >= 4 is 53.4 Å². The molecule has 3 heteroatoms. The van der Waals surface area contributed by atoms with Crippen LogP contribution in [-0.2, 0) is 0 Å². The SMILES string of the molecule is c1cc(-c2ccccc2-c2ccc3sc4ccccc4c3n2)cc(-n2c3ccccc3c3ccccc32)c1. The van der Waals surface area contributed by atoms with Crippen molar-refractivity contribution in [3.8, 4) is 28.1 Å². The van der Waals surface area contributed by atoms with Crippen LogP contribution in [0.2, 0.25) is 0 Å². The highest BCUT2D eigenvalue weighted by Gasteiger charge is 2.15. The van der Waals surface area contributed by atoms with Crippen molar-refractivity contribution in [2.45, 2.75) is 0 Å². The lowest BCUT2D eigenvalue weighted by Crippen LogP contribution is -1.95. The average molecular weight is 503 g/mol. The molecule has 0 aliphatic heterocycles. The highest BCUT2D eigenvalue weighted by molar-refractivity contribution is 7.25. The van der Waals surface area contributed by atoms with E-state index in [0.29, 0.717) is 0 Å². The summed E-state index contributed by atoms with van der Waals surface area (Å²) in [6.45, 7) is 0. The number of thiophene rings is 1. The number of aromatic nitrogens is 2. The Morgan fingerprint density at radius 1 is 0.500 bits per heavy atom. The molecule has 38 heavy (non-hydrogen) atoms. The molecule has 0 spiro atoms. The number of para-hydroxylation sites is 2. The Labute approximate surface area is 224 Å². The molecule has 0 aliphatic carbocycles. The number of rotatable bonds is 3. The van der Waals surface area contributed by atoms with E-state index in [1.165, 1.54) is 47.7 Å². The van der Waals surface area contributed by atoms with Crippen LogP contribution in [-0.4, -0.2) is 9.55 Å². The molecule has 8 aromatic rings. The zero-order chi connectivity index (χ0) is 25.1. The number of hydrogen-bond acceptors (Lipinski definition) is 2. The largest absolute Gasteiger partial charge is 0.309 e. The summed E-state index contributed by atoms with van der Waals surface area (Å²) in [4.78, 5) is 5.18. The molecule has 0 amide bonds. The lowest BCUT2D eigenvalue weighted by Gasteiger charge is -2.13. The van der Waals surface area contributed by atoms with Gasteiger partial charge >= 0.3 is 0 Å². The van der Waals surface area contributed by atoms with E-state index < -0.39 is 0 Å². The number of benzene rings is 5. The van der Waals surface area contributed by atoms with Crippen LogP contribution in [0.15, 0.2) is 133 Å². The lowest BCUT2D eigenvalue weighted by molar-refractivity contribution is 1.18. The topological polar surface area (TPSA) is 17.8 Å². The van der Waals surface area contributed by atoms with Crippen LogP contribution < -0.4 is 0 Å². The molecular weight excluding hydrogens is 480 g/mol. The Bertz CT molecular complexity index is 2090.